The van der Waals surface area contributed by atoms with Crippen LogP contribution in [0, 0.1) is 5.92 Å². The van der Waals surface area contributed by atoms with Crippen molar-refractivity contribution in [3.05, 3.63) is 76.4 Å². The Bertz CT molecular complexity index is 1060. The quantitative estimate of drug-likeness (QED) is 0.375. The number of esters is 1. The van der Waals surface area contributed by atoms with E-state index in [4.69, 9.17) is 4.74 Å². The lowest BCUT2D eigenvalue weighted by atomic mass is 9.86. The normalized spacial score (nSPS) is 18.2. The third-order valence-electron chi connectivity index (χ3n) is 7.38. The minimum absolute atomic E-state index is 0. The molecule has 0 radical (unpaired) electrons. The fraction of sp³-hybridized carbons (Fsp3) is 0.379. The maximum absolute atomic E-state index is 12.4. The van der Waals surface area contributed by atoms with Crippen LogP contribution in [0.5, 0.6) is 0 Å². The number of hydrogen-bond donors (Lipinski definition) is 0. The largest absolute Gasteiger partial charge is 0.464 e. The minimum Gasteiger partial charge on any atom is -0.464 e. The highest BCUT2D eigenvalue weighted by Crippen LogP contribution is 2.38. The Morgan fingerprint density at radius 2 is 1.46 bits per heavy atom. The molecule has 1 amide bonds. The van der Waals surface area contributed by atoms with E-state index in [1.807, 2.05) is 0 Å². The Labute approximate surface area is 213 Å². The van der Waals surface area contributed by atoms with E-state index in [0.29, 0.717) is 32.5 Å². The second kappa shape index (κ2) is 11.7. The minimum atomic E-state index is -0.107. The van der Waals surface area contributed by atoms with Crippen molar-refractivity contribution < 1.29 is 14.3 Å². The van der Waals surface area contributed by atoms with Crippen LogP contribution >= 0.6 is 12.4 Å². The third-order valence-corrected chi connectivity index (χ3v) is 7.38. The maximum Gasteiger partial charge on any atom is 0.309 e. The zero-order chi connectivity index (χ0) is 23.3. The molecule has 2 saturated heterocycles. The third kappa shape index (κ3) is 5.68. The summed E-state index contributed by atoms with van der Waals surface area (Å²) in [5.41, 5.74) is 8.09. The first-order valence-electron chi connectivity index (χ1n) is 12.4. The standard InChI is InChI=1S/C29H32N2O3.ClH/c32-21-31-17-13-25(14-18-31)29(33)34-20-19-30-15-11-24(12-16-30)28-26-7-3-1-5-22(26)9-10-23-6-2-4-8-27(23)28;/h1-10,21,25H,11-20H2;1H. The summed E-state index contributed by atoms with van der Waals surface area (Å²) in [5.74, 6) is -0.178. The molecule has 0 spiro atoms. The molecule has 5 rings (SSSR count). The number of hydrogen-bond acceptors (Lipinski definition) is 4. The van der Waals surface area contributed by atoms with Gasteiger partial charge in [0.25, 0.3) is 0 Å². The highest BCUT2D eigenvalue weighted by atomic mass is 35.5. The number of likely N-dealkylation sites (tertiary alicyclic amines) is 2. The van der Waals surface area contributed by atoms with Gasteiger partial charge in [0.2, 0.25) is 6.41 Å². The second-order valence-electron chi connectivity index (χ2n) is 9.41. The van der Waals surface area contributed by atoms with Gasteiger partial charge in [-0.2, -0.15) is 0 Å². The summed E-state index contributed by atoms with van der Waals surface area (Å²) in [6.07, 6.45) is 8.78. The molecule has 0 atom stereocenters. The van der Waals surface area contributed by atoms with E-state index < -0.39 is 0 Å². The van der Waals surface area contributed by atoms with Gasteiger partial charge in [-0.15, -0.1) is 12.4 Å². The molecule has 184 valence electrons. The van der Waals surface area contributed by atoms with Crippen molar-refractivity contribution in [1.29, 1.82) is 0 Å². The lowest BCUT2D eigenvalue weighted by molar-refractivity contribution is -0.151. The lowest BCUT2D eigenvalue weighted by Crippen LogP contribution is -2.37. The number of carbonyl (C=O) groups is 2. The van der Waals surface area contributed by atoms with Crippen molar-refractivity contribution in [3.8, 4) is 0 Å². The molecule has 0 unspecified atom stereocenters. The molecule has 2 fully saturated rings. The average molecular weight is 493 g/mol. The van der Waals surface area contributed by atoms with Gasteiger partial charge in [0.05, 0.1) is 5.92 Å². The zero-order valence-corrected chi connectivity index (χ0v) is 20.8. The molecule has 5 nitrogen and oxygen atoms in total. The van der Waals surface area contributed by atoms with Crippen molar-refractivity contribution in [3.63, 3.8) is 0 Å². The Kier molecular flexibility index (Phi) is 8.42. The average Bonchev–Trinajstić information content (AvgIpc) is 3.06. The number of benzene rings is 2. The summed E-state index contributed by atoms with van der Waals surface area (Å²) in [6.45, 7) is 4.46. The molecule has 0 saturated carbocycles. The summed E-state index contributed by atoms with van der Waals surface area (Å²) in [6, 6.07) is 17.4. The Morgan fingerprint density at radius 1 is 0.886 bits per heavy atom. The first-order chi connectivity index (χ1) is 16.7. The summed E-state index contributed by atoms with van der Waals surface area (Å²) in [5, 5.41) is 0. The van der Waals surface area contributed by atoms with Crippen LogP contribution in [0.2, 0.25) is 0 Å². The van der Waals surface area contributed by atoms with Crippen molar-refractivity contribution in [2.45, 2.75) is 25.7 Å². The number of rotatable bonds is 5. The van der Waals surface area contributed by atoms with E-state index in [-0.39, 0.29) is 24.3 Å². The Hall–Kier alpha value is -2.89. The smallest absolute Gasteiger partial charge is 0.309 e. The van der Waals surface area contributed by atoms with E-state index >= 15 is 0 Å². The number of amides is 1. The SMILES string of the molecule is Cl.O=CN1CCC(C(=O)OCCN2CCC(=C3c4ccccc4C=Cc4ccccc43)CC2)CC1. The van der Waals surface area contributed by atoms with Crippen molar-refractivity contribution in [2.75, 3.05) is 39.3 Å². The Morgan fingerprint density at radius 3 is 2.03 bits per heavy atom. The molecule has 0 N–H and O–H groups in total. The topological polar surface area (TPSA) is 49.9 Å². The number of nitrogens with zero attached hydrogens (tertiary/aromatic N) is 2. The van der Waals surface area contributed by atoms with Crippen molar-refractivity contribution in [2.24, 2.45) is 5.92 Å². The van der Waals surface area contributed by atoms with Crippen LogP contribution in [0.3, 0.4) is 0 Å². The molecule has 0 aromatic heterocycles. The van der Waals surface area contributed by atoms with Gasteiger partial charge in [0.1, 0.15) is 6.61 Å². The summed E-state index contributed by atoms with van der Waals surface area (Å²) >= 11 is 0. The van der Waals surface area contributed by atoms with E-state index in [1.54, 1.807) is 4.90 Å². The zero-order valence-electron chi connectivity index (χ0n) is 20.0. The van der Waals surface area contributed by atoms with E-state index in [1.165, 1.54) is 33.4 Å². The van der Waals surface area contributed by atoms with Gasteiger partial charge in [-0.1, -0.05) is 66.3 Å². The van der Waals surface area contributed by atoms with Gasteiger partial charge in [0, 0.05) is 32.7 Å². The van der Waals surface area contributed by atoms with E-state index in [2.05, 4.69) is 65.6 Å². The van der Waals surface area contributed by atoms with Gasteiger partial charge in [0.15, 0.2) is 0 Å². The fourth-order valence-electron chi connectivity index (χ4n) is 5.38. The molecule has 3 aliphatic rings. The van der Waals surface area contributed by atoms with Crippen LogP contribution in [-0.4, -0.2) is 61.5 Å². The van der Waals surface area contributed by atoms with Crippen LogP contribution in [0.25, 0.3) is 17.7 Å². The lowest BCUT2D eigenvalue weighted by Gasteiger charge is -2.31. The predicted octanol–water partition coefficient (Wildman–Crippen LogP) is 4.90. The molecular weight excluding hydrogens is 460 g/mol. The van der Waals surface area contributed by atoms with Crippen LogP contribution < -0.4 is 0 Å². The number of ether oxygens (including phenoxy) is 1. The van der Waals surface area contributed by atoms with E-state index in [0.717, 1.165) is 38.9 Å². The van der Waals surface area contributed by atoms with Crippen LogP contribution in [0.1, 0.15) is 47.9 Å². The predicted molar refractivity (Wildman–Crippen MR) is 142 cm³/mol. The van der Waals surface area contributed by atoms with Gasteiger partial charge < -0.3 is 9.64 Å². The molecule has 2 aromatic carbocycles. The highest BCUT2D eigenvalue weighted by molar-refractivity contribution is 5.94. The summed E-state index contributed by atoms with van der Waals surface area (Å²) in [4.78, 5) is 27.4. The Balaban J connectivity index is 0.00000289. The highest BCUT2D eigenvalue weighted by Gasteiger charge is 2.26. The van der Waals surface area contributed by atoms with Crippen LogP contribution in [0.4, 0.5) is 0 Å². The first-order valence-corrected chi connectivity index (χ1v) is 12.4. The van der Waals surface area contributed by atoms with Gasteiger partial charge in [-0.25, -0.2) is 0 Å². The van der Waals surface area contributed by atoms with Gasteiger partial charge in [-0.05, 0) is 53.5 Å². The monoisotopic (exact) mass is 492 g/mol. The number of carbonyl (C=O) groups excluding carboxylic acids is 2. The molecule has 35 heavy (non-hydrogen) atoms. The molecule has 2 aromatic rings. The first kappa shape index (κ1) is 25.2. The van der Waals surface area contributed by atoms with Crippen LogP contribution in [0.15, 0.2) is 54.1 Å². The summed E-state index contributed by atoms with van der Waals surface area (Å²) in [7, 11) is 0. The van der Waals surface area contributed by atoms with Gasteiger partial charge >= 0.3 is 5.97 Å². The molecule has 2 heterocycles. The maximum atomic E-state index is 12.4. The van der Waals surface area contributed by atoms with Crippen molar-refractivity contribution in [1.82, 2.24) is 9.80 Å². The fourth-order valence-corrected chi connectivity index (χ4v) is 5.38. The number of fused-ring (bicyclic) bond motifs is 2. The van der Waals surface area contributed by atoms with E-state index in [9.17, 15) is 9.59 Å². The van der Waals surface area contributed by atoms with Crippen LogP contribution in [-0.2, 0) is 14.3 Å². The second-order valence-corrected chi connectivity index (χ2v) is 9.41. The molecular formula is C29H33ClN2O3. The number of piperidine rings is 2. The van der Waals surface area contributed by atoms with Crippen molar-refractivity contribution >= 4 is 42.5 Å². The van der Waals surface area contributed by atoms with Gasteiger partial charge in [-0.3, -0.25) is 14.5 Å². The molecule has 0 bridgehead atoms. The summed E-state index contributed by atoms with van der Waals surface area (Å²) < 4.78 is 5.60. The number of halogens is 1. The molecule has 6 heteroatoms. The molecule has 1 aliphatic carbocycles. The molecule has 2 aliphatic heterocycles.